The van der Waals surface area contributed by atoms with Gasteiger partial charge in [-0.2, -0.15) is 0 Å². The van der Waals surface area contributed by atoms with Crippen molar-refractivity contribution >= 4 is 17.7 Å². The lowest BCUT2D eigenvalue weighted by atomic mass is 9.90. The third-order valence-corrected chi connectivity index (χ3v) is 6.06. The largest absolute Gasteiger partial charge is 0.341 e. The van der Waals surface area contributed by atoms with Gasteiger partial charge in [-0.15, -0.1) is 11.8 Å². The number of rotatable bonds is 5. The number of hydrogen-bond acceptors (Lipinski definition) is 3. The monoisotopic (exact) mass is 358 g/mol. The van der Waals surface area contributed by atoms with Crippen LogP contribution in [-0.2, 0) is 4.79 Å². The molecular formula is C20H23FN2OS. The number of carbonyl (C=O) groups excluding carboxylic acids is 1. The van der Waals surface area contributed by atoms with Crippen LogP contribution in [0, 0.1) is 11.2 Å². The molecule has 2 atom stereocenters. The second kappa shape index (κ2) is 7.58. The summed E-state index contributed by atoms with van der Waals surface area (Å²) in [5.41, 5.74) is 6.73. The maximum Gasteiger partial charge on any atom is 0.240 e. The van der Waals surface area contributed by atoms with E-state index in [1.54, 1.807) is 18.2 Å². The summed E-state index contributed by atoms with van der Waals surface area (Å²) in [4.78, 5) is 15.6. The van der Waals surface area contributed by atoms with Crippen molar-refractivity contribution < 1.29 is 9.18 Å². The highest BCUT2D eigenvalue weighted by Gasteiger charge is 2.38. The van der Waals surface area contributed by atoms with Crippen molar-refractivity contribution in [2.45, 2.75) is 23.5 Å². The minimum absolute atomic E-state index is 0.0247. The molecule has 0 bridgehead atoms. The summed E-state index contributed by atoms with van der Waals surface area (Å²) in [6, 6.07) is 16.2. The van der Waals surface area contributed by atoms with Crippen LogP contribution in [0.5, 0.6) is 0 Å². The Hall–Kier alpha value is -1.85. The molecule has 2 aromatic carbocycles. The molecule has 5 heteroatoms. The molecule has 1 aliphatic heterocycles. The minimum atomic E-state index is -0.460. The van der Waals surface area contributed by atoms with Crippen LogP contribution in [-0.4, -0.2) is 30.4 Å². The molecule has 0 radical (unpaired) electrons. The second-order valence-corrected chi connectivity index (χ2v) is 8.01. The molecule has 0 aromatic heterocycles. The molecule has 2 unspecified atom stereocenters. The van der Waals surface area contributed by atoms with Gasteiger partial charge in [0.2, 0.25) is 5.91 Å². The topological polar surface area (TPSA) is 46.3 Å². The lowest BCUT2D eigenvalue weighted by molar-refractivity contribution is -0.130. The molecule has 2 aromatic rings. The highest BCUT2D eigenvalue weighted by atomic mass is 32.2. The molecule has 3 rings (SSSR count). The number of nitrogens with zero attached hydrogens (tertiary/aromatic N) is 1. The average molecular weight is 358 g/mol. The zero-order valence-electron chi connectivity index (χ0n) is 14.3. The quantitative estimate of drug-likeness (QED) is 0.826. The Bertz CT molecular complexity index is 739. The van der Waals surface area contributed by atoms with Crippen molar-refractivity contribution in [2.75, 3.05) is 19.6 Å². The smallest absolute Gasteiger partial charge is 0.240 e. The fraction of sp³-hybridized carbons (Fsp3) is 0.350. The highest BCUT2D eigenvalue weighted by molar-refractivity contribution is 8.00. The molecule has 1 heterocycles. The van der Waals surface area contributed by atoms with Gasteiger partial charge in [0.25, 0.3) is 0 Å². The first-order valence-electron chi connectivity index (χ1n) is 8.47. The van der Waals surface area contributed by atoms with E-state index in [9.17, 15) is 9.18 Å². The second-order valence-electron chi connectivity index (χ2n) is 6.86. The third-order valence-electron chi connectivity index (χ3n) is 4.77. The van der Waals surface area contributed by atoms with E-state index in [1.807, 2.05) is 35.2 Å². The highest BCUT2D eigenvalue weighted by Crippen LogP contribution is 2.40. The van der Waals surface area contributed by atoms with Gasteiger partial charge >= 0.3 is 0 Å². The molecule has 0 saturated carbocycles. The minimum Gasteiger partial charge on any atom is -0.341 e. The number of carbonyl (C=O) groups is 1. The Morgan fingerprint density at radius 1 is 1.24 bits per heavy atom. The maximum absolute atomic E-state index is 14.1. The Kier molecular flexibility index (Phi) is 5.45. The Balaban J connectivity index is 1.87. The van der Waals surface area contributed by atoms with Crippen molar-refractivity contribution in [3.05, 3.63) is 66.0 Å². The van der Waals surface area contributed by atoms with Crippen LogP contribution in [0.4, 0.5) is 4.39 Å². The molecule has 1 aliphatic rings. The van der Waals surface area contributed by atoms with Gasteiger partial charge in [0, 0.05) is 18.0 Å². The molecule has 0 aliphatic carbocycles. The lowest BCUT2D eigenvalue weighted by Gasteiger charge is -2.26. The van der Waals surface area contributed by atoms with Gasteiger partial charge < -0.3 is 10.6 Å². The molecule has 25 heavy (non-hydrogen) atoms. The fourth-order valence-corrected chi connectivity index (χ4v) is 4.24. The molecule has 3 nitrogen and oxygen atoms in total. The molecular weight excluding hydrogens is 335 g/mol. The van der Waals surface area contributed by atoms with Gasteiger partial charge in [-0.25, -0.2) is 4.39 Å². The van der Waals surface area contributed by atoms with E-state index in [1.165, 1.54) is 17.8 Å². The summed E-state index contributed by atoms with van der Waals surface area (Å²) in [5, 5.41) is -0.460. The van der Waals surface area contributed by atoms with Crippen molar-refractivity contribution in [3.8, 4) is 0 Å². The van der Waals surface area contributed by atoms with Crippen LogP contribution >= 0.6 is 11.8 Å². The average Bonchev–Trinajstić information content (AvgIpc) is 3.04. The third kappa shape index (κ3) is 4.05. The van der Waals surface area contributed by atoms with Crippen LogP contribution < -0.4 is 5.73 Å². The number of benzene rings is 2. The maximum atomic E-state index is 14.1. The molecule has 1 amide bonds. The van der Waals surface area contributed by atoms with E-state index in [0.29, 0.717) is 24.5 Å². The van der Waals surface area contributed by atoms with Crippen LogP contribution in [0.3, 0.4) is 0 Å². The normalized spacial score (nSPS) is 21.3. The first-order valence-corrected chi connectivity index (χ1v) is 9.35. The number of likely N-dealkylation sites (tertiary alicyclic amines) is 1. The van der Waals surface area contributed by atoms with Crippen LogP contribution in [0.25, 0.3) is 0 Å². The standard InChI is InChI=1S/C20H23FN2OS/c1-20(13-22)11-12-23(14-20)19(24)18(15-7-3-2-4-8-15)25-17-10-6-5-9-16(17)21/h2-10,18H,11-14,22H2,1H3. The van der Waals surface area contributed by atoms with E-state index in [4.69, 9.17) is 5.73 Å². The first kappa shape index (κ1) is 18.0. The molecule has 1 fully saturated rings. The molecule has 2 N–H and O–H groups in total. The summed E-state index contributed by atoms with van der Waals surface area (Å²) in [5.74, 6) is -0.272. The number of hydrogen-bond donors (Lipinski definition) is 1. The van der Waals surface area contributed by atoms with Crippen LogP contribution in [0.15, 0.2) is 59.5 Å². The van der Waals surface area contributed by atoms with Gasteiger partial charge in [-0.1, -0.05) is 49.4 Å². The van der Waals surface area contributed by atoms with Crippen LogP contribution in [0.2, 0.25) is 0 Å². The molecule has 0 spiro atoms. The Morgan fingerprint density at radius 2 is 1.92 bits per heavy atom. The van der Waals surface area contributed by atoms with Gasteiger partial charge in [0.15, 0.2) is 0 Å². The summed E-state index contributed by atoms with van der Waals surface area (Å²) in [6.45, 7) is 4.03. The SMILES string of the molecule is CC1(CN)CCN(C(=O)C(Sc2ccccc2F)c2ccccc2)C1. The summed E-state index contributed by atoms with van der Waals surface area (Å²) in [6.07, 6.45) is 0.904. The zero-order valence-corrected chi connectivity index (χ0v) is 15.1. The Morgan fingerprint density at radius 3 is 2.56 bits per heavy atom. The summed E-state index contributed by atoms with van der Waals surface area (Å²) in [7, 11) is 0. The van der Waals surface area contributed by atoms with Gasteiger partial charge in [-0.05, 0) is 36.1 Å². The number of nitrogens with two attached hydrogens (primary N) is 1. The number of thioether (sulfide) groups is 1. The first-order chi connectivity index (χ1) is 12.0. The van der Waals surface area contributed by atoms with Crippen molar-refractivity contribution in [3.63, 3.8) is 0 Å². The van der Waals surface area contributed by atoms with Crippen LogP contribution in [0.1, 0.15) is 24.2 Å². The fourth-order valence-electron chi connectivity index (χ4n) is 3.10. The summed E-state index contributed by atoms with van der Waals surface area (Å²) >= 11 is 1.27. The van der Waals surface area contributed by atoms with Gasteiger partial charge in [0.05, 0.1) is 0 Å². The van der Waals surface area contributed by atoms with Crippen molar-refractivity contribution in [1.82, 2.24) is 4.90 Å². The lowest BCUT2D eigenvalue weighted by Crippen LogP contribution is -2.36. The summed E-state index contributed by atoms with van der Waals surface area (Å²) < 4.78 is 14.1. The van der Waals surface area contributed by atoms with Gasteiger partial charge in [-0.3, -0.25) is 4.79 Å². The predicted molar refractivity (Wildman–Crippen MR) is 99.8 cm³/mol. The Labute approximate surface area is 152 Å². The van der Waals surface area contributed by atoms with E-state index < -0.39 is 5.25 Å². The van der Waals surface area contributed by atoms with Crippen molar-refractivity contribution in [1.29, 1.82) is 0 Å². The predicted octanol–water partition coefficient (Wildman–Crippen LogP) is 3.86. The zero-order chi connectivity index (χ0) is 17.9. The van der Waals surface area contributed by atoms with E-state index in [2.05, 4.69) is 6.92 Å². The number of halogens is 1. The molecule has 132 valence electrons. The van der Waals surface area contributed by atoms with E-state index in [-0.39, 0.29) is 17.1 Å². The van der Waals surface area contributed by atoms with Crippen molar-refractivity contribution in [2.24, 2.45) is 11.1 Å². The van der Waals surface area contributed by atoms with E-state index >= 15 is 0 Å². The number of amides is 1. The molecule has 1 saturated heterocycles. The van der Waals surface area contributed by atoms with E-state index in [0.717, 1.165) is 12.0 Å². The van der Waals surface area contributed by atoms with Gasteiger partial charge in [0.1, 0.15) is 11.1 Å².